The minimum Gasteiger partial charge on any atom is -0.481 e. The topological polar surface area (TPSA) is 49.3 Å². The van der Waals surface area contributed by atoms with Crippen molar-refractivity contribution in [2.45, 2.75) is 25.7 Å². The largest absolute Gasteiger partial charge is 0.481 e. The Morgan fingerprint density at radius 1 is 1.18 bits per heavy atom. The number of carboxylic acid groups (broad SMARTS) is 1. The second kappa shape index (κ2) is 6.83. The molecule has 0 fully saturated rings. The number of para-hydroxylation sites is 1. The summed E-state index contributed by atoms with van der Waals surface area (Å²) in [5.41, 5.74) is -0.120. The third-order valence-electron chi connectivity index (χ3n) is 2.33. The number of hydrogen-bond acceptors (Lipinski definition) is 2. The number of aliphatic carboxylic acids is 1. The summed E-state index contributed by atoms with van der Waals surface area (Å²) in [6.45, 7) is 0.428. The van der Waals surface area contributed by atoms with Crippen molar-refractivity contribution in [2.75, 3.05) is 11.9 Å². The molecule has 0 aliphatic heterocycles. The number of anilines is 1. The normalized spacial score (nSPS) is 10.2. The maximum absolute atomic E-state index is 13.2. The predicted octanol–water partition coefficient (Wildman–Crippen LogP) is 3.02. The van der Waals surface area contributed by atoms with Gasteiger partial charge in [-0.15, -0.1) is 0 Å². The van der Waals surface area contributed by atoms with E-state index in [1.165, 1.54) is 18.2 Å². The van der Waals surface area contributed by atoms with Crippen LogP contribution in [0.4, 0.5) is 14.5 Å². The summed E-state index contributed by atoms with van der Waals surface area (Å²) in [6.07, 6.45) is 2.11. The van der Waals surface area contributed by atoms with Gasteiger partial charge >= 0.3 is 5.97 Å². The van der Waals surface area contributed by atoms with E-state index in [0.29, 0.717) is 19.4 Å². The fourth-order valence-electron chi connectivity index (χ4n) is 1.46. The van der Waals surface area contributed by atoms with Gasteiger partial charge in [0, 0.05) is 13.0 Å². The summed E-state index contributed by atoms with van der Waals surface area (Å²) in [7, 11) is 0. The van der Waals surface area contributed by atoms with Crippen LogP contribution < -0.4 is 5.32 Å². The van der Waals surface area contributed by atoms with Crippen LogP contribution >= 0.6 is 0 Å². The Kier molecular flexibility index (Phi) is 5.39. The first kappa shape index (κ1) is 13.4. The summed E-state index contributed by atoms with van der Waals surface area (Å²) >= 11 is 0. The third-order valence-corrected chi connectivity index (χ3v) is 2.33. The van der Waals surface area contributed by atoms with Gasteiger partial charge in [-0.2, -0.15) is 0 Å². The van der Waals surface area contributed by atoms with E-state index in [1.54, 1.807) is 0 Å². The third kappa shape index (κ3) is 4.80. The number of hydrogen-bond donors (Lipinski definition) is 2. The molecule has 3 nitrogen and oxygen atoms in total. The molecule has 17 heavy (non-hydrogen) atoms. The van der Waals surface area contributed by atoms with Gasteiger partial charge in [0.25, 0.3) is 0 Å². The summed E-state index contributed by atoms with van der Waals surface area (Å²) in [6, 6.07) is 3.69. The Hall–Kier alpha value is -1.65. The molecular formula is C12H15F2NO2. The average Bonchev–Trinajstić information content (AvgIpc) is 2.26. The van der Waals surface area contributed by atoms with Gasteiger partial charge in [-0.3, -0.25) is 4.79 Å². The minimum absolute atomic E-state index is 0.120. The van der Waals surface area contributed by atoms with Crippen molar-refractivity contribution in [3.05, 3.63) is 29.8 Å². The van der Waals surface area contributed by atoms with Crippen LogP contribution in [0.25, 0.3) is 0 Å². The average molecular weight is 243 g/mol. The van der Waals surface area contributed by atoms with E-state index in [2.05, 4.69) is 5.32 Å². The van der Waals surface area contributed by atoms with Crippen LogP contribution in [0.3, 0.4) is 0 Å². The Balaban J connectivity index is 2.24. The van der Waals surface area contributed by atoms with E-state index >= 15 is 0 Å². The fourth-order valence-corrected chi connectivity index (χ4v) is 1.46. The molecule has 0 aliphatic rings. The summed E-state index contributed by atoms with van der Waals surface area (Å²) in [4.78, 5) is 10.2. The molecule has 0 aliphatic carbocycles. The SMILES string of the molecule is O=C(O)CCCCCNc1c(F)cccc1F. The zero-order valence-corrected chi connectivity index (χ0v) is 9.38. The number of nitrogens with one attached hydrogen (secondary N) is 1. The van der Waals surface area contributed by atoms with Gasteiger partial charge in [0.05, 0.1) is 0 Å². The molecule has 1 rings (SSSR count). The van der Waals surface area contributed by atoms with E-state index in [4.69, 9.17) is 5.11 Å². The van der Waals surface area contributed by atoms with Gasteiger partial charge in [-0.05, 0) is 25.0 Å². The number of halogens is 2. The first-order valence-electron chi connectivity index (χ1n) is 5.51. The number of carbonyl (C=O) groups is 1. The molecule has 0 aromatic heterocycles. The van der Waals surface area contributed by atoms with Crippen molar-refractivity contribution in [2.24, 2.45) is 0 Å². The van der Waals surface area contributed by atoms with Gasteiger partial charge in [0.1, 0.15) is 17.3 Å². The first-order valence-corrected chi connectivity index (χ1v) is 5.51. The zero-order chi connectivity index (χ0) is 12.7. The molecule has 1 aromatic carbocycles. The molecule has 0 radical (unpaired) electrons. The molecule has 5 heteroatoms. The smallest absolute Gasteiger partial charge is 0.303 e. The van der Waals surface area contributed by atoms with E-state index in [-0.39, 0.29) is 12.1 Å². The lowest BCUT2D eigenvalue weighted by molar-refractivity contribution is -0.137. The van der Waals surface area contributed by atoms with Gasteiger partial charge in [-0.25, -0.2) is 8.78 Å². The molecule has 2 N–H and O–H groups in total. The number of unbranched alkanes of at least 4 members (excludes halogenated alkanes) is 2. The number of benzene rings is 1. The molecule has 0 heterocycles. The molecule has 0 spiro atoms. The second-order valence-corrected chi connectivity index (χ2v) is 3.73. The minimum atomic E-state index is -0.821. The molecule has 0 amide bonds. The molecule has 0 unspecified atom stereocenters. The number of carboxylic acids is 1. The van der Waals surface area contributed by atoms with Crippen molar-refractivity contribution in [1.82, 2.24) is 0 Å². The van der Waals surface area contributed by atoms with Crippen LogP contribution in [0.5, 0.6) is 0 Å². The van der Waals surface area contributed by atoms with Crippen LogP contribution in [0.15, 0.2) is 18.2 Å². The van der Waals surface area contributed by atoms with Crippen molar-refractivity contribution in [3.8, 4) is 0 Å². The molecular weight excluding hydrogens is 228 g/mol. The summed E-state index contributed by atoms with van der Waals surface area (Å²) < 4.78 is 26.3. The van der Waals surface area contributed by atoms with Crippen LogP contribution in [0, 0.1) is 11.6 Å². The second-order valence-electron chi connectivity index (χ2n) is 3.73. The predicted molar refractivity (Wildman–Crippen MR) is 61.0 cm³/mol. The van der Waals surface area contributed by atoms with Crippen LogP contribution in [0.2, 0.25) is 0 Å². The fraction of sp³-hybridized carbons (Fsp3) is 0.417. The van der Waals surface area contributed by atoms with Gasteiger partial charge in [-0.1, -0.05) is 12.5 Å². The number of rotatable bonds is 7. The highest BCUT2D eigenvalue weighted by Gasteiger charge is 2.06. The quantitative estimate of drug-likeness (QED) is 0.724. The lowest BCUT2D eigenvalue weighted by Crippen LogP contribution is -2.05. The van der Waals surface area contributed by atoms with Crippen LogP contribution in [-0.4, -0.2) is 17.6 Å². The summed E-state index contributed by atoms with van der Waals surface area (Å²) in [5, 5.41) is 11.1. The van der Waals surface area contributed by atoms with Crippen molar-refractivity contribution < 1.29 is 18.7 Å². The molecule has 0 saturated carbocycles. The highest BCUT2D eigenvalue weighted by molar-refractivity contribution is 5.66. The van der Waals surface area contributed by atoms with Crippen LogP contribution in [0.1, 0.15) is 25.7 Å². The van der Waals surface area contributed by atoms with Crippen molar-refractivity contribution in [3.63, 3.8) is 0 Å². The zero-order valence-electron chi connectivity index (χ0n) is 9.38. The first-order chi connectivity index (χ1) is 8.11. The summed E-state index contributed by atoms with van der Waals surface area (Å²) in [5.74, 6) is -2.05. The standard InChI is InChI=1S/C12H15F2NO2/c13-9-5-4-6-10(14)12(9)15-8-3-1-2-7-11(16)17/h4-6,15H,1-3,7-8H2,(H,16,17). The Morgan fingerprint density at radius 2 is 1.82 bits per heavy atom. The van der Waals surface area contributed by atoms with Crippen molar-refractivity contribution >= 4 is 11.7 Å². The maximum Gasteiger partial charge on any atom is 0.303 e. The van der Waals surface area contributed by atoms with Gasteiger partial charge < -0.3 is 10.4 Å². The molecule has 0 bridgehead atoms. The van der Waals surface area contributed by atoms with E-state index in [0.717, 1.165) is 6.42 Å². The van der Waals surface area contributed by atoms with Gasteiger partial charge in [0.2, 0.25) is 0 Å². The molecule has 1 aromatic rings. The maximum atomic E-state index is 13.2. The molecule has 0 atom stereocenters. The van der Waals surface area contributed by atoms with E-state index in [9.17, 15) is 13.6 Å². The van der Waals surface area contributed by atoms with Gasteiger partial charge in [0.15, 0.2) is 0 Å². The highest BCUT2D eigenvalue weighted by atomic mass is 19.1. The van der Waals surface area contributed by atoms with E-state index in [1.807, 2.05) is 0 Å². The van der Waals surface area contributed by atoms with Crippen molar-refractivity contribution in [1.29, 1.82) is 0 Å². The van der Waals surface area contributed by atoms with Crippen LogP contribution in [-0.2, 0) is 4.79 Å². The molecule has 94 valence electrons. The monoisotopic (exact) mass is 243 g/mol. The Bertz CT molecular complexity index is 363. The Labute approximate surface area is 98.5 Å². The van der Waals surface area contributed by atoms with E-state index < -0.39 is 17.6 Å². The lowest BCUT2D eigenvalue weighted by atomic mass is 10.2. The molecule has 0 saturated heterocycles. The highest BCUT2D eigenvalue weighted by Crippen LogP contribution is 2.17. The Morgan fingerprint density at radius 3 is 2.41 bits per heavy atom. The lowest BCUT2D eigenvalue weighted by Gasteiger charge is -2.07.